The number of carbonyl (C=O) groups is 2. The molecule has 0 atom stereocenters. The topological polar surface area (TPSA) is 85.1 Å². The summed E-state index contributed by atoms with van der Waals surface area (Å²) in [5.41, 5.74) is 8.83. The van der Waals surface area contributed by atoms with Crippen molar-refractivity contribution in [1.29, 1.82) is 0 Å². The van der Waals surface area contributed by atoms with Gasteiger partial charge >= 0.3 is 0 Å². The molecule has 2 aromatic carbocycles. The van der Waals surface area contributed by atoms with Crippen molar-refractivity contribution in [3.63, 3.8) is 0 Å². The number of halogens is 1. The first-order chi connectivity index (χ1) is 12.4. The van der Waals surface area contributed by atoms with Gasteiger partial charge in [0, 0.05) is 16.6 Å². The van der Waals surface area contributed by atoms with E-state index in [0.717, 1.165) is 10.6 Å². The van der Waals surface area contributed by atoms with Crippen LogP contribution in [0, 0.1) is 6.92 Å². The molecule has 7 heteroatoms. The molecule has 1 aromatic heterocycles. The van der Waals surface area contributed by atoms with Gasteiger partial charge in [-0.1, -0.05) is 41.4 Å². The second-order valence-corrected chi connectivity index (χ2v) is 7.06. The lowest BCUT2D eigenvalue weighted by Crippen LogP contribution is -2.15. The zero-order valence-corrected chi connectivity index (χ0v) is 15.5. The number of nitrogens with two attached hydrogens (primary N) is 1. The minimum Gasteiger partial charge on any atom is -0.366 e. The van der Waals surface area contributed by atoms with Gasteiger partial charge in [-0.05, 0) is 25.1 Å². The summed E-state index contributed by atoms with van der Waals surface area (Å²) in [5, 5.41) is 5.69. The molecule has 132 valence electrons. The molecule has 5 nitrogen and oxygen atoms in total. The first-order valence-electron chi connectivity index (χ1n) is 7.83. The molecule has 26 heavy (non-hydrogen) atoms. The molecule has 0 fully saturated rings. The summed E-state index contributed by atoms with van der Waals surface area (Å²) < 4.78 is 0. The summed E-state index contributed by atoms with van der Waals surface area (Å²) in [6.07, 6.45) is 0.150. The molecule has 3 aromatic rings. The fourth-order valence-corrected chi connectivity index (χ4v) is 3.48. The number of primary amides is 1. The maximum Gasteiger partial charge on any atom is 0.250 e. The number of benzene rings is 2. The highest BCUT2D eigenvalue weighted by atomic mass is 35.5. The fourth-order valence-electron chi connectivity index (χ4n) is 2.38. The number of thiazole rings is 1. The van der Waals surface area contributed by atoms with Crippen LogP contribution < -0.4 is 11.1 Å². The minimum atomic E-state index is -0.612. The van der Waals surface area contributed by atoms with E-state index < -0.39 is 5.91 Å². The van der Waals surface area contributed by atoms with E-state index in [1.807, 2.05) is 36.6 Å². The number of nitrogens with one attached hydrogen (secondary N) is 1. The van der Waals surface area contributed by atoms with Gasteiger partial charge in [-0.15, -0.1) is 11.3 Å². The second-order valence-electron chi connectivity index (χ2n) is 5.79. The first-order valence-corrected chi connectivity index (χ1v) is 9.09. The number of rotatable bonds is 5. The Kier molecular flexibility index (Phi) is 5.35. The van der Waals surface area contributed by atoms with Gasteiger partial charge in [-0.3, -0.25) is 9.59 Å². The lowest BCUT2D eigenvalue weighted by Gasteiger charge is -2.06. The summed E-state index contributed by atoms with van der Waals surface area (Å²) in [6, 6.07) is 12.7. The van der Waals surface area contributed by atoms with Crippen molar-refractivity contribution in [1.82, 2.24) is 4.98 Å². The van der Waals surface area contributed by atoms with Crippen LogP contribution in [-0.2, 0) is 11.2 Å². The van der Waals surface area contributed by atoms with E-state index in [-0.39, 0.29) is 22.9 Å². The fraction of sp³-hybridized carbons (Fsp3) is 0.105. The van der Waals surface area contributed by atoms with Crippen molar-refractivity contribution in [2.45, 2.75) is 13.3 Å². The average molecular weight is 386 g/mol. The Morgan fingerprint density at radius 1 is 1.19 bits per heavy atom. The minimum absolute atomic E-state index is 0.150. The van der Waals surface area contributed by atoms with E-state index in [1.165, 1.54) is 29.0 Å². The van der Waals surface area contributed by atoms with Crippen molar-refractivity contribution < 1.29 is 9.59 Å². The van der Waals surface area contributed by atoms with Gasteiger partial charge in [0.05, 0.1) is 22.7 Å². The largest absolute Gasteiger partial charge is 0.366 e. The molecule has 3 N–H and O–H groups in total. The maximum absolute atomic E-state index is 12.2. The summed E-state index contributed by atoms with van der Waals surface area (Å²) in [5.74, 6) is -0.826. The number of nitrogens with zero attached hydrogens (tertiary/aromatic N) is 1. The second kappa shape index (κ2) is 7.68. The van der Waals surface area contributed by atoms with Crippen LogP contribution in [0.15, 0.2) is 47.8 Å². The maximum atomic E-state index is 12.2. The molecule has 0 aliphatic carbocycles. The summed E-state index contributed by atoms with van der Waals surface area (Å²) >= 11 is 7.49. The highest BCUT2D eigenvalue weighted by Crippen LogP contribution is 2.25. The van der Waals surface area contributed by atoms with Gasteiger partial charge in [-0.2, -0.15) is 0 Å². The first kappa shape index (κ1) is 18.1. The van der Waals surface area contributed by atoms with Crippen LogP contribution in [0.1, 0.15) is 21.6 Å². The summed E-state index contributed by atoms with van der Waals surface area (Å²) in [6.45, 7) is 2.03. The van der Waals surface area contributed by atoms with Gasteiger partial charge < -0.3 is 11.1 Å². The molecule has 0 saturated heterocycles. The molecular weight excluding hydrogens is 370 g/mol. The highest BCUT2D eigenvalue weighted by molar-refractivity contribution is 7.13. The van der Waals surface area contributed by atoms with Crippen LogP contribution in [0.3, 0.4) is 0 Å². The van der Waals surface area contributed by atoms with Crippen molar-refractivity contribution in [2.75, 3.05) is 5.32 Å². The van der Waals surface area contributed by atoms with Gasteiger partial charge in [0.1, 0.15) is 5.01 Å². The Labute approximate surface area is 159 Å². The SMILES string of the molecule is Cc1ccc(-c2nc(CC(=O)Nc3ccc(C(N)=O)c(Cl)c3)cs2)cc1. The Bertz CT molecular complexity index is 967. The number of amides is 2. The lowest BCUT2D eigenvalue weighted by atomic mass is 10.2. The average Bonchev–Trinajstić information content (AvgIpc) is 3.03. The smallest absolute Gasteiger partial charge is 0.250 e. The Hall–Kier alpha value is -2.70. The Balaban J connectivity index is 1.66. The molecule has 0 aliphatic heterocycles. The number of aryl methyl sites for hydroxylation is 1. The van der Waals surface area contributed by atoms with Crippen LogP contribution in [0.4, 0.5) is 5.69 Å². The zero-order chi connectivity index (χ0) is 18.7. The highest BCUT2D eigenvalue weighted by Gasteiger charge is 2.11. The van der Waals surface area contributed by atoms with Crippen molar-refractivity contribution in [2.24, 2.45) is 5.73 Å². The Morgan fingerprint density at radius 3 is 2.58 bits per heavy atom. The number of hydrogen-bond acceptors (Lipinski definition) is 4. The van der Waals surface area contributed by atoms with Crippen LogP contribution in [-0.4, -0.2) is 16.8 Å². The zero-order valence-electron chi connectivity index (χ0n) is 14.0. The number of anilines is 1. The normalized spacial score (nSPS) is 10.5. The molecule has 0 bridgehead atoms. The number of aromatic nitrogens is 1. The van der Waals surface area contributed by atoms with Gasteiger partial charge in [0.2, 0.25) is 11.8 Å². The van der Waals surface area contributed by atoms with E-state index in [1.54, 1.807) is 6.07 Å². The van der Waals surface area contributed by atoms with Gasteiger partial charge in [-0.25, -0.2) is 4.98 Å². The quantitative estimate of drug-likeness (QED) is 0.694. The van der Waals surface area contributed by atoms with E-state index in [0.29, 0.717) is 11.4 Å². The van der Waals surface area contributed by atoms with Crippen molar-refractivity contribution >= 4 is 40.4 Å². The summed E-state index contributed by atoms with van der Waals surface area (Å²) in [7, 11) is 0. The standard InChI is InChI=1S/C19H16ClN3O2S/c1-11-2-4-12(5-3-11)19-23-14(10-26-19)9-17(24)22-13-6-7-15(18(21)25)16(20)8-13/h2-8,10H,9H2,1H3,(H2,21,25)(H,22,24). The van der Waals surface area contributed by atoms with E-state index in [4.69, 9.17) is 17.3 Å². The van der Waals surface area contributed by atoms with Gasteiger partial charge in [0.15, 0.2) is 0 Å². The molecule has 0 saturated carbocycles. The molecular formula is C19H16ClN3O2S. The Morgan fingerprint density at radius 2 is 1.92 bits per heavy atom. The predicted molar refractivity (Wildman–Crippen MR) is 105 cm³/mol. The molecule has 0 unspecified atom stereocenters. The van der Waals surface area contributed by atoms with Crippen molar-refractivity contribution in [3.05, 3.63) is 69.7 Å². The predicted octanol–water partition coefficient (Wildman–Crippen LogP) is 4.05. The van der Waals surface area contributed by atoms with Crippen LogP contribution in [0.5, 0.6) is 0 Å². The summed E-state index contributed by atoms with van der Waals surface area (Å²) in [4.78, 5) is 27.9. The lowest BCUT2D eigenvalue weighted by molar-refractivity contribution is -0.115. The third-order valence-electron chi connectivity index (χ3n) is 3.71. The monoisotopic (exact) mass is 385 g/mol. The molecule has 0 radical (unpaired) electrons. The molecule has 0 spiro atoms. The molecule has 2 amide bonds. The molecule has 1 heterocycles. The number of hydrogen-bond donors (Lipinski definition) is 2. The van der Waals surface area contributed by atoms with Crippen LogP contribution in [0.2, 0.25) is 5.02 Å². The third-order valence-corrected chi connectivity index (χ3v) is 4.96. The van der Waals surface area contributed by atoms with E-state index in [9.17, 15) is 9.59 Å². The van der Waals surface area contributed by atoms with Crippen molar-refractivity contribution in [3.8, 4) is 10.6 Å². The van der Waals surface area contributed by atoms with E-state index >= 15 is 0 Å². The third kappa shape index (κ3) is 4.28. The van der Waals surface area contributed by atoms with Crippen LogP contribution >= 0.6 is 22.9 Å². The molecule has 3 rings (SSSR count). The van der Waals surface area contributed by atoms with E-state index in [2.05, 4.69) is 10.3 Å². The number of carbonyl (C=O) groups excluding carboxylic acids is 2. The van der Waals surface area contributed by atoms with Crippen LogP contribution in [0.25, 0.3) is 10.6 Å². The molecule has 0 aliphatic rings. The van der Waals surface area contributed by atoms with Gasteiger partial charge in [0.25, 0.3) is 0 Å².